The highest BCUT2D eigenvalue weighted by atomic mass is 16.5. The Hall–Kier alpha value is -3.45. The monoisotopic (exact) mass is 562 g/mol. The van der Waals surface area contributed by atoms with Crippen LogP contribution >= 0.6 is 0 Å². The minimum Gasteiger partial charge on any atom is -0.492 e. The fraction of sp³-hybridized carbons (Fsp3) is 0.500. The molecule has 1 aliphatic carbocycles. The normalized spacial score (nSPS) is 17.2. The Balaban J connectivity index is 0.000000640. The van der Waals surface area contributed by atoms with Crippen molar-refractivity contribution in [1.29, 1.82) is 5.41 Å². The van der Waals surface area contributed by atoms with Crippen molar-refractivity contribution in [2.75, 3.05) is 19.7 Å². The van der Waals surface area contributed by atoms with Gasteiger partial charge in [-0.2, -0.15) is 4.91 Å². The number of nitrogens with one attached hydrogen (secondary N) is 2. The molecule has 0 spiro atoms. The number of nitrogens with zero attached hydrogens (tertiary/aromatic N) is 1. The van der Waals surface area contributed by atoms with Crippen LogP contribution in [-0.2, 0) is 11.3 Å². The van der Waals surface area contributed by atoms with Crippen LogP contribution in [0.5, 0.6) is 5.75 Å². The van der Waals surface area contributed by atoms with Crippen molar-refractivity contribution in [3.05, 3.63) is 81.1 Å². The van der Waals surface area contributed by atoms with Gasteiger partial charge in [0.25, 0.3) is 0 Å². The fourth-order valence-electron chi connectivity index (χ4n) is 4.72. The van der Waals surface area contributed by atoms with E-state index in [1.54, 1.807) is 0 Å². The van der Waals surface area contributed by atoms with E-state index < -0.39 is 0 Å². The lowest BCUT2D eigenvalue weighted by Crippen LogP contribution is -2.37. The van der Waals surface area contributed by atoms with Gasteiger partial charge < -0.3 is 25.9 Å². The summed E-state index contributed by atoms with van der Waals surface area (Å²) >= 11 is 0. The third-order valence-corrected chi connectivity index (χ3v) is 7.52. The lowest BCUT2D eigenvalue weighted by Gasteiger charge is -2.29. The van der Waals surface area contributed by atoms with Gasteiger partial charge in [-0.1, -0.05) is 55.8 Å². The fourth-order valence-corrected chi connectivity index (χ4v) is 4.72. The molecule has 2 aromatic rings. The van der Waals surface area contributed by atoms with Crippen molar-refractivity contribution in [1.82, 2.24) is 5.32 Å². The average Bonchev–Trinajstić information content (AvgIpc) is 2.97. The molecule has 1 saturated carbocycles. The Morgan fingerprint density at radius 3 is 2.29 bits per heavy atom. The summed E-state index contributed by atoms with van der Waals surface area (Å²) in [5.74, 6) is 2.34. The zero-order chi connectivity index (χ0) is 30.4. The molecule has 0 bridgehead atoms. The molecule has 1 heterocycles. The van der Waals surface area contributed by atoms with E-state index in [4.69, 9.17) is 20.6 Å². The molecule has 2 aliphatic rings. The largest absolute Gasteiger partial charge is 0.492 e. The first-order valence-electron chi connectivity index (χ1n) is 14.9. The maximum atomic E-state index is 10.3. The second-order valence-corrected chi connectivity index (χ2v) is 10.7. The molecule has 2 atom stereocenters. The van der Waals surface area contributed by atoms with Gasteiger partial charge in [0, 0.05) is 18.3 Å². The molecule has 224 valence electrons. The SMILES string of the molecule is CC.CC(=N)CCC1=CC=C(OCc2cccc(-c3c(C)cc(OCCN=O)cc3C)c2C)NC1.CC1CCC1N. The number of ether oxygens (including phenoxy) is 2. The Morgan fingerprint density at radius 2 is 1.78 bits per heavy atom. The van der Waals surface area contributed by atoms with E-state index in [1.165, 1.54) is 35.1 Å². The summed E-state index contributed by atoms with van der Waals surface area (Å²) in [7, 11) is 0. The van der Waals surface area contributed by atoms with E-state index >= 15 is 0 Å². The number of benzene rings is 2. The van der Waals surface area contributed by atoms with Crippen LogP contribution in [0.3, 0.4) is 0 Å². The summed E-state index contributed by atoms with van der Waals surface area (Å²) in [6.45, 7) is 16.0. The van der Waals surface area contributed by atoms with Crippen molar-refractivity contribution in [2.24, 2.45) is 16.8 Å². The Morgan fingerprint density at radius 1 is 1.10 bits per heavy atom. The zero-order valence-corrected chi connectivity index (χ0v) is 26.1. The number of rotatable bonds is 11. The number of aryl methyl sites for hydroxylation is 2. The summed E-state index contributed by atoms with van der Waals surface area (Å²) in [6, 6.07) is 10.9. The number of allylic oxidation sites excluding steroid dienone is 2. The van der Waals surface area contributed by atoms with Gasteiger partial charge in [0.15, 0.2) is 5.88 Å². The van der Waals surface area contributed by atoms with Crippen molar-refractivity contribution in [3.8, 4) is 16.9 Å². The predicted molar refractivity (Wildman–Crippen MR) is 172 cm³/mol. The first-order valence-corrected chi connectivity index (χ1v) is 14.9. The predicted octanol–water partition coefficient (Wildman–Crippen LogP) is 7.90. The molecule has 0 aromatic heterocycles. The highest BCUT2D eigenvalue weighted by molar-refractivity contribution is 5.78. The average molecular weight is 563 g/mol. The number of nitroso groups, excluding NO2 is 1. The van der Waals surface area contributed by atoms with Crippen molar-refractivity contribution in [2.45, 2.75) is 86.8 Å². The van der Waals surface area contributed by atoms with Gasteiger partial charge in [-0.05, 0) is 111 Å². The Bertz CT molecular complexity index is 1190. The molecule has 2 aromatic carbocycles. The molecule has 1 fully saturated rings. The smallest absolute Gasteiger partial charge is 0.187 e. The van der Waals surface area contributed by atoms with Crippen LogP contribution in [-0.4, -0.2) is 31.4 Å². The van der Waals surface area contributed by atoms with Crippen LogP contribution in [0.2, 0.25) is 0 Å². The van der Waals surface area contributed by atoms with Gasteiger partial charge in [0.1, 0.15) is 25.5 Å². The van der Waals surface area contributed by atoms with Gasteiger partial charge in [-0.25, -0.2) is 0 Å². The standard InChI is InChI=1S/C27H33N3O3.C5H11N.C2H6/c1-18-14-24(32-13-12-30-31)15-19(2)27(18)25-7-5-6-23(21(25)4)17-33-26-11-10-22(16-29-26)9-8-20(3)28;1-4-2-3-5(4)6;1-2/h5-7,10-11,14-15,28-29H,8-9,12-13,16-17H2,1-4H3;4-5H,2-3,6H2,1H3;1-2H3. The lowest BCUT2D eigenvalue weighted by atomic mass is 9.82. The van der Waals surface area contributed by atoms with Gasteiger partial charge in [-0.15, -0.1) is 0 Å². The van der Waals surface area contributed by atoms with E-state index in [-0.39, 0.29) is 13.2 Å². The maximum absolute atomic E-state index is 10.3. The van der Waals surface area contributed by atoms with Crippen LogP contribution in [0.1, 0.15) is 75.6 Å². The molecule has 4 rings (SSSR count). The summed E-state index contributed by atoms with van der Waals surface area (Å²) in [6.07, 6.45) is 8.38. The molecule has 0 radical (unpaired) electrons. The highest BCUT2D eigenvalue weighted by Crippen LogP contribution is 2.34. The van der Waals surface area contributed by atoms with Crippen molar-refractivity contribution < 1.29 is 9.47 Å². The van der Waals surface area contributed by atoms with E-state index in [0.717, 1.165) is 53.6 Å². The third kappa shape index (κ3) is 10.5. The van der Waals surface area contributed by atoms with Gasteiger partial charge in [-0.3, -0.25) is 0 Å². The zero-order valence-electron chi connectivity index (χ0n) is 26.1. The molecule has 0 amide bonds. The molecule has 2 unspecified atom stereocenters. The second kappa shape index (κ2) is 17.4. The second-order valence-electron chi connectivity index (χ2n) is 10.7. The minimum atomic E-state index is 0.146. The first kappa shape index (κ1) is 33.8. The van der Waals surface area contributed by atoms with Gasteiger partial charge >= 0.3 is 0 Å². The van der Waals surface area contributed by atoms with E-state index in [9.17, 15) is 4.91 Å². The molecular formula is C34H50N4O3. The third-order valence-electron chi connectivity index (χ3n) is 7.52. The van der Waals surface area contributed by atoms with E-state index in [0.29, 0.717) is 18.4 Å². The van der Waals surface area contributed by atoms with E-state index in [1.807, 2.05) is 39.0 Å². The van der Waals surface area contributed by atoms with Crippen molar-refractivity contribution >= 4 is 5.71 Å². The molecule has 4 N–H and O–H groups in total. The number of hydrogen-bond donors (Lipinski definition) is 3. The van der Waals surface area contributed by atoms with E-state index in [2.05, 4.69) is 62.5 Å². The molecular weight excluding hydrogens is 512 g/mol. The minimum absolute atomic E-state index is 0.146. The van der Waals surface area contributed by atoms with Gasteiger partial charge in [0.2, 0.25) is 0 Å². The Kier molecular flexibility index (Phi) is 14.3. The van der Waals surface area contributed by atoms with Crippen LogP contribution in [0.4, 0.5) is 0 Å². The van der Waals surface area contributed by atoms with Crippen LogP contribution in [0, 0.1) is 37.0 Å². The maximum Gasteiger partial charge on any atom is 0.187 e. The summed E-state index contributed by atoms with van der Waals surface area (Å²) in [5.41, 5.74) is 14.5. The van der Waals surface area contributed by atoms with Gasteiger partial charge in [0.05, 0.1) is 0 Å². The first-order chi connectivity index (χ1) is 19.7. The molecule has 7 heteroatoms. The van der Waals surface area contributed by atoms with Crippen LogP contribution < -0.4 is 15.8 Å². The number of dihydropyridines is 1. The van der Waals surface area contributed by atoms with Crippen molar-refractivity contribution in [3.63, 3.8) is 0 Å². The quantitative estimate of drug-likeness (QED) is 0.146. The Labute approximate surface area is 247 Å². The van der Waals surface area contributed by atoms with Crippen LogP contribution in [0.15, 0.2) is 59.1 Å². The number of hydrogen-bond acceptors (Lipinski definition) is 7. The summed E-state index contributed by atoms with van der Waals surface area (Å²) in [5, 5.41) is 13.8. The molecule has 1 aliphatic heterocycles. The molecule has 7 nitrogen and oxygen atoms in total. The molecule has 0 saturated heterocycles. The highest BCUT2D eigenvalue weighted by Gasteiger charge is 2.21. The summed E-state index contributed by atoms with van der Waals surface area (Å²) < 4.78 is 11.7. The topological polar surface area (TPSA) is 110 Å². The molecule has 41 heavy (non-hydrogen) atoms. The lowest BCUT2D eigenvalue weighted by molar-refractivity contribution is 0.177. The summed E-state index contributed by atoms with van der Waals surface area (Å²) in [4.78, 5) is 10.3. The number of nitrogens with two attached hydrogens (primary N) is 1. The van der Waals surface area contributed by atoms with Crippen LogP contribution in [0.25, 0.3) is 11.1 Å².